The van der Waals surface area contributed by atoms with Crippen LogP contribution in [-0.2, 0) is 0 Å². The zero-order valence-electron chi connectivity index (χ0n) is 11.8. The molecule has 0 spiro atoms. The van der Waals surface area contributed by atoms with Crippen LogP contribution in [0.3, 0.4) is 0 Å². The number of unbranched alkanes of at least 4 members (excludes halogenated alkanes) is 1. The summed E-state index contributed by atoms with van der Waals surface area (Å²) in [6, 6.07) is 10.4. The molecule has 0 aliphatic heterocycles. The van der Waals surface area contributed by atoms with E-state index in [1.54, 1.807) is 0 Å². The molecule has 0 heterocycles. The molecule has 0 atom stereocenters. The SMILES string of the molecule is CCC/C=C/[C@H]1CC[C@H](c2ccccc2C#N)CC1. The number of benzene rings is 1. The maximum Gasteiger partial charge on any atom is 0.0994 e. The first kappa shape index (κ1) is 13.9. The van der Waals surface area contributed by atoms with E-state index in [0.717, 1.165) is 11.5 Å². The topological polar surface area (TPSA) is 23.8 Å². The van der Waals surface area contributed by atoms with Crippen molar-refractivity contribution >= 4 is 0 Å². The van der Waals surface area contributed by atoms with E-state index in [9.17, 15) is 5.26 Å². The van der Waals surface area contributed by atoms with Gasteiger partial charge in [-0.05, 0) is 55.6 Å². The first-order chi connectivity index (χ1) is 9.35. The van der Waals surface area contributed by atoms with Crippen molar-refractivity contribution in [3.63, 3.8) is 0 Å². The minimum Gasteiger partial charge on any atom is -0.192 e. The van der Waals surface area contributed by atoms with Crippen molar-refractivity contribution in [3.05, 3.63) is 47.5 Å². The maximum atomic E-state index is 9.18. The average Bonchev–Trinajstić information content (AvgIpc) is 2.48. The summed E-state index contributed by atoms with van der Waals surface area (Å²) in [5.41, 5.74) is 2.13. The van der Waals surface area contributed by atoms with Crippen LogP contribution in [0.25, 0.3) is 0 Å². The molecule has 1 aromatic carbocycles. The molecular formula is C18H23N. The van der Waals surface area contributed by atoms with Gasteiger partial charge in [-0.2, -0.15) is 5.26 Å². The van der Waals surface area contributed by atoms with Gasteiger partial charge < -0.3 is 0 Å². The summed E-state index contributed by atoms with van der Waals surface area (Å²) < 4.78 is 0. The number of hydrogen-bond donors (Lipinski definition) is 0. The molecule has 0 saturated heterocycles. The lowest BCUT2D eigenvalue weighted by atomic mass is 9.77. The molecule has 0 unspecified atom stereocenters. The maximum absolute atomic E-state index is 9.18. The Morgan fingerprint density at radius 1 is 1.21 bits per heavy atom. The van der Waals surface area contributed by atoms with Crippen molar-refractivity contribution in [1.29, 1.82) is 5.26 Å². The number of hydrogen-bond acceptors (Lipinski definition) is 1. The Balaban J connectivity index is 1.95. The second-order valence-electron chi connectivity index (χ2n) is 5.53. The molecule has 1 aliphatic rings. The zero-order chi connectivity index (χ0) is 13.5. The fourth-order valence-corrected chi connectivity index (χ4v) is 3.03. The number of allylic oxidation sites excluding steroid dienone is 2. The van der Waals surface area contributed by atoms with E-state index in [2.05, 4.69) is 37.3 Å². The quantitative estimate of drug-likeness (QED) is 0.677. The van der Waals surface area contributed by atoms with Gasteiger partial charge in [0.2, 0.25) is 0 Å². The van der Waals surface area contributed by atoms with Crippen LogP contribution in [0.15, 0.2) is 36.4 Å². The van der Waals surface area contributed by atoms with E-state index in [0.29, 0.717) is 5.92 Å². The van der Waals surface area contributed by atoms with Crippen LogP contribution < -0.4 is 0 Å². The smallest absolute Gasteiger partial charge is 0.0994 e. The highest BCUT2D eigenvalue weighted by Crippen LogP contribution is 2.37. The summed E-state index contributed by atoms with van der Waals surface area (Å²) in [7, 11) is 0. The summed E-state index contributed by atoms with van der Waals surface area (Å²) >= 11 is 0. The molecule has 0 bridgehead atoms. The predicted molar refractivity (Wildman–Crippen MR) is 79.9 cm³/mol. The highest BCUT2D eigenvalue weighted by atomic mass is 14.3. The molecule has 0 amide bonds. The summed E-state index contributed by atoms with van der Waals surface area (Å²) in [5, 5.41) is 9.18. The van der Waals surface area contributed by atoms with Gasteiger partial charge in [0.1, 0.15) is 0 Å². The third-order valence-electron chi connectivity index (χ3n) is 4.16. The highest BCUT2D eigenvalue weighted by Gasteiger charge is 2.22. The van der Waals surface area contributed by atoms with Gasteiger partial charge in [-0.25, -0.2) is 0 Å². The van der Waals surface area contributed by atoms with Crippen molar-refractivity contribution in [3.8, 4) is 6.07 Å². The van der Waals surface area contributed by atoms with E-state index in [-0.39, 0.29) is 0 Å². The molecule has 19 heavy (non-hydrogen) atoms. The van der Waals surface area contributed by atoms with Gasteiger partial charge in [0.05, 0.1) is 11.6 Å². The molecule has 1 aliphatic carbocycles. The fourth-order valence-electron chi connectivity index (χ4n) is 3.03. The van der Waals surface area contributed by atoms with Crippen LogP contribution in [0, 0.1) is 17.2 Å². The normalized spacial score (nSPS) is 23.4. The van der Waals surface area contributed by atoms with Crippen molar-refractivity contribution < 1.29 is 0 Å². The van der Waals surface area contributed by atoms with Gasteiger partial charge in [0.15, 0.2) is 0 Å². The Morgan fingerprint density at radius 3 is 2.63 bits per heavy atom. The minimum atomic E-state index is 0.590. The zero-order valence-corrected chi connectivity index (χ0v) is 11.8. The van der Waals surface area contributed by atoms with Crippen LogP contribution in [-0.4, -0.2) is 0 Å². The van der Waals surface area contributed by atoms with Gasteiger partial charge in [-0.15, -0.1) is 0 Å². The van der Waals surface area contributed by atoms with Gasteiger partial charge in [-0.3, -0.25) is 0 Å². The second kappa shape index (κ2) is 7.14. The van der Waals surface area contributed by atoms with Crippen molar-refractivity contribution in [2.75, 3.05) is 0 Å². The van der Waals surface area contributed by atoms with E-state index >= 15 is 0 Å². The average molecular weight is 253 g/mol. The van der Waals surface area contributed by atoms with Crippen LogP contribution in [0.5, 0.6) is 0 Å². The number of nitrogens with zero attached hydrogens (tertiary/aromatic N) is 1. The molecule has 100 valence electrons. The third-order valence-corrected chi connectivity index (χ3v) is 4.16. The Labute approximate surface area is 117 Å². The highest BCUT2D eigenvalue weighted by molar-refractivity contribution is 5.39. The molecule has 1 aromatic rings. The standard InChI is InChI=1S/C18H23N/c1-2-3-4-7-15-10-12-16(13-11-15)18-9-6-5-8-17(18)14-19/h4-9,15-16H,2-3,10-13H2,1H3/b7-4+/t15-,16-. The lowest BCUT2D eigenvalue weighted by Crippen LogP contribution is -2.12. The van der Waals surface area contributed by atoms with Crippen molar-refractivity contribution in [2.24, 2.45) is 5.92 Å². The Kier molecular flexibility index (Phi) is 5.21. The summed E-state index contributed by atoms with van der Waals surface area (Å²) in [6.07, 6.45) is 12.2. The first-order valence-corrected chi connectivity index (χ1v) is 7.50. The van der Waals surface area contributed by atoms with Crippen molar-refractivity contribution in [2.45, 2.75) is 51.4 Å². The molecule has 0 aromatic heterocycles. The molecule has 1 nitrogen and oxygen atoms in total. The number of rotatable bonds is 4. The Morgan fingerprint density at radius 2 is 1.95 bits per heavy atom. The van der Waals surface area contributed by atoms with Crippen LogP contribution in [0.4, 0.5) is 0 Å². The minimum absolute atomic E-state index is 0.590. The van der Waals surface area contributed by atoms with Gasteiger partial charge in [0.25, 0.3) is 0 Å². The van der Waals surface area contributed by atoms with E-state index in [1.165, 1.54) is 44.1 Å². The molecule has 1 fully saturated rings. The lowest BCUT2D eigenvalue weighted by Gasteiger charge is -2.27. The van der Waals surface area contributed by atoms with Gasteiger partial charge in [-0.1, -0.05) is 43.7 Å². The summed E-state index contributed by atoms with van der Waals surface area (Å²) in [6.45, 7) is 2.22. The van der Waals surface area contributed by atoms with Crippen LogP contribution in [0.2, 0.25) is 0 Å². The van der Waals surface area contributed by atoms with Gasteiger partial charge in [0, 0.05) is 0 Å². The predicted octanol–water partition coefficient (Wildman–Crippen LogP) is 5.19. The monoisotopic (exact) mass is 253 g/mol. The molecular weight excluding hydrogens is 230 g/mol. The van der Waals surface area contributed by atoms with Crippen LogP contribution >= 0.6 is 0 Å². The third kappa shape index (κ3) is 3.70. The first-order valence-electron chi connectivity index (χ1n) is 7.50. The molecule has 2 rings (SSSR count). The fraction of sp³-hybridized carbons (Fsp3) is 0.500. The molecule has 0 radical (unpaired) electrons. The largest absolute Gasteiger partial charge is 0.192 e. The van der Waals surface area contributed by atoms with Gasteiger partial charge >= 0.3 is 0 Å². The molecule has 1 saturated carbocycles. The van der Waals surface area contributed by atoms with E-state index < -0.39 is 0 Å². The molecule has 1 heteroatoms. The summed E-state index contributed by atoms with van der Waals surface area (Å²) in [5.74, 6) is 1.35. The number of nitriles is 1. The second-order valence-corrected chi connectivity index (χ2v) is 5.53. The van der Waals surface area contributed by atoms with E-state index in [4.69, 9.17) is 0 Å². The van der Waals surface area contributed by atoms with E-state index in [1.807, 2.05) is 12.1 Å². The Bertz CT molecular complexity index is 459. The molecule has 0 N–H and O–H groups in total. The van der Waals surface area contributed by atoms with Crippen LogP contribution in [0.1, 0.15) is 62.5 Å². The van der Waals surface area contributed by atoms with Crippen molar-refractivity contribution in [1.82, 2.24) is 0 Å². The summed E-state index contributed by atoms with van der Waals surface area (Å²) in [4.78, 5) is 0. The Hall–Kier alpha value is -1.55. The lowest BCUT2D eigenvalue weighted by molar-refractivity contribution is 0.375.